The number of hydroxylamine groups is 2. The van der Waals surface area contributed by atoms with Crippen molar-refractivity contribution in [2.75, 3.05) is 14.2 Å². The summed E-state index contributed by atoms with van der Waals surface area (Å²) in [5, 5.41) is 1.01. The van der Waals surface area contributed by atoms with Crippen LogP contribution in [0.4, 0.5) is 13.2 Å². The molecule has 1 rings (SSSR count). The fraction of sp³-hybridized carbons (Fsp3) is 0.286. The molecule has 0 spiro atoms. The largest absolute Gasteiger partial charge is 0.454 e. The second kappa shape index (κ2) is 6.71. The fourth-order valence-electron chi connectivity index (χ4n) is 1.64. The van der Waals surface area contributed by atoms with Crippen LogP contribution in [0.5, 0.6) is 0 Å². The lowest BCUT2D eigenvalue weighted by molar-refractivity contribution is -0.245. The molecule has 1 aromatic rings. The van der Waals surface area contributed by atoms with E-state index < -0.39 is 23.4 Å². The van der Waals surface area contributed by atoms with Crippen LogP contribution in [-0.4, -0.2) is 37.1 Å². The van der Waals surface area contributed by atoms with Gasteiger partial charge in [-0.15, -0.1) is 0 Å². The molecular weight excluding hydrogens is 301 g/mol. The quantitative estimate of drug-likeness (QED) is 0.674. The molecule has 0 bridgehead atoms. The van der Waals surface area contributed by atoms with Gasteiger partial charge in [-0.3, -0.25) is 14.4 Å². The number of hydrogen-bond donors (Lipinski definition) is 1. The van der Waals surface area contributed by atoms with E-state index in [4.69, 9.17) is 4.84 Å². The fourth-order valence-corrected chi connectivity index (χ4v) is 1.64. The first-order valence-electron chi connectivity index (χ1n) is 6.16. The van der Waals surface area contributed by atoms with E-state index >= 15 is 0 Å². The predicted molar refractivity (Wildman–Crippen MR) is 72.1 cm³/mol. The van der Waals surface area contributed by atoms with Crippen LogP contribution in [0.15, 0.2) is 29.8 Å². The van der Waals surface area contributed by atoms with Crippen LogP contribution in [-0.2, 0) is 9.63 Å². The highest BCUT2D eigenvalue weighted by atomic mass is 19.4. The number of benzene rings is 1. The highest BCUT2D eigenvalue weighted by molar-refractivity contribution is 6.04. The first kappa shape index (κ1) is 17.9. The molecule has 8 heteroatoms. The summed E-state index contributed by atoms with van der Waals surface area (Å²) in [7, 11) is 2.75. The predicted octanol–water partition coefficient (Wildman–Crippen LogP) is 1.42. The Bertz CT molecular complexity index is 607. The Morgan fingerprint density at radius 1 is 1.14 bits per heavy atom. The van der Waals surface area contributed by atoms with E-state index in [9.17, 15) is 22.8 Å². The molecule has 3 N–H and O–H groups in total. The van der Waals surface area contributed by atoms with E-state index in [1.807, 2.05) is 0 Å². The van der Waals surface area contributed by atoms with Gasteiger partial charge in [0.2, 0.25) is 0 Å². The normalized spacial score (nSPS) is 12.7. The monoisotopic (exact) mass is 317 g/mol. The zero-order chi connectivity index (χ0) is 17.1. The van der Waals surface area contributed by atoms with Crippen molar-refractivity contribution < 1.29 is 33.3 Å². The van der Waals surface area contributed by atoms with Gasteiger partial charge in [-0.2, -0.15) is 13.2 Å². The molecule has 0 aromatic heterocycles. The van der Waals surface area contributed by atoms with Crippen LogP contribution in [0.2, 0.25) is 0 Å². The van der Waals surface area contributed by atoms with Gasteiger partial charge in [-0.25, -0.2) is 5.06 Å². The number of amides is 1. The summed E-state index contributed by atoms with van der Waals surface area (Å²) in [6, 6.07) is 5.69. The van der Waals surface area contributed by atoms with Crippen LogP contribution in [0.3, 0.4) is 0 Å². The Kier molecular flexibility index (Phi) is 5.45. The highest BCUT2D eigenvalue weighted by Crippen LogP contribution is 2.23. The van der Waals surface area contributed by atoms with Crippen molar-refractivity contribution in [3.05, 3.63) is 41.0 Å². The summed E-state index contributed by atoms with van der Waals surface area (Å²) >= 11 is 0. The molecular formula is C14H16F3N2O3+. The van der Waals surface area contributed by atoms with Crippen molar-refractivity contribution in [2.45, 2.75) is 13.1 Å². The molecule has 0 aliphatic rings. The lowest BCUT2D eigenvalue weighted by Crippen LogP contribution is -2.48. The van der Waals surface area contributed by atoms with Crippen LogP contribution in [0.25, 0.3) is 5.70 Å². The number of allylic oxidation sites excluding steroid dienone is 1. The van der Waals surface area contributed by atoms with E-state index in [0.717, 1.165) is 12.0 Å². The molecule has 0 saturated carbocycles. The molecule has 5 nitrogen and oxygen atoms in total. The Morgan fingerprint density at radius 2 is 1.59 bits per heavy atom. The third-order valence-electron chi connectivity index (χ3n) is 3.09. The molecule has 0 fully saturated rings. The minimum Gasteiger partial charge on any atom is -0.324 e. The van der Waals surface area contributed by atoms with Crippen molar-refractivity contribution >= 4 is 17.4 Å². The summed E-state index contributed by atoms with van der Waals surface area (Å²) in [6.45, 7) is 1.07. The minimum absolute atomic E-state index is 0.0404. The van der Waals surface area contributed by atoms with E-state index in [2.05, 4.69) is 5.73 Å². The smallest absolute Gasteiger partial charge is 0.324 e. The molecule has 0 heterocycles. The van der Waals surface area contributed by atoms with Gasteiger partial charge in [0, 0.05) is 18.2 Å². The Labute approximate surface area is 125 Å². The van der Waals surface area contributed by atoms with E-state index in [-0.39, 0.29) is 5.70 Å². The molecule has 22 heavy (non-hydrogen) atoms. The number of ketones is 1. The van der Waals surface area contributed by atoms with Crippen LogP contribution in [0, 0.1) is 0 Å². The second-order valence-corrected chi connectivity index (χ2v) is 4.49. The number of alkyl halides is 3. The lowest BCUT2D eigenvalue weighted by Gasteiger charge is -2.13. The number of quaternary nitrogens is 1. The Morgan fingerprint density at radius 3 is 2.00 bits per heavy atom. The summed E-state index contributed by atoms with van der Waals surface area (Å²) in [4.78, 5) is 27.7. The lowest BCUT2D eigenvalue weighted by atomic mass is 10.0. The van der Waals surface area contributed by atoms with Crippen molar-refractivity contribution in [2.24, 2.45) is 0 Å². The number of carbonyl (C=O) groups excluding carboxylic acids is 2. The zero-order valence-electron chi connectivity index (χ0n) is 12.3. The second-order valence-electron chi connectivity index (χ2n) is 4.49. The standard InChI is InChI=1S/C14H15F3N2O3/c1-8(12(20)14(15,16)17)11(18)9-4-6-10(7-5-9)13(21)19(2)22-3/h4-7H,18H2,1-3H3/p+1. The van der Waals surface area contributed by atoms with Crippen molar-refractivity contribution in [1.82, 2.24) is 5.06 Å². The molecule has 0 radical (unpaired) electrons. The number of hydrogen-bond acceptors (Lipinski definition) is 3. The Balaban J connectivity index is 3.09. The average Bonchev–Trinajstić information content (AvgIpc) is 2.50. The maximum absolute atomic E-state index is 12.4. The molecule has 1 aromatic carbocycles. The van der Waals surface area contributed by atoms with Crippen molar-refractivity contribution in [3.8, 4) is 0 Å². The minimum atomic E-state index is -4.94. The van der Waals surface area contributed by atoms with Gasteiger partial charge in [0.1, 0.15) is 5.70 Å². The molecule has 0 atom stereocenters. The van der Waals surface area contributed by atoms with Crippen molar-refractivity contribution in [3.63, 3.8) is 0 Å². The van der Waals surface area contributed by atoms with Crippen LogP contribution < -0.4 is 5.73 Å². The van der Waals surface area contributed by atoms with Crippen molar-refractivity contribution in [1.29, 1.82) is 0 Å². The third-order valence-corrected chi connectivity index (χ3v) is 3.09. The molecule has 1 amide bonds. The topological polar surface area (TPSA) is 74.2 Å². The Hall–Kier alpha value is -2.19. The molecule has 0 saturated heterocycles. The summed E-state index contributed by atoms with van der Waals surface area (Å²) < 4.78 is 37.2. The van der Waals surface area contributed by atoms with E-state index in [0.29, 0.717) is 11.1 Å². The third kappa shape index (κ3) is 3.92. The maximum atomic E-state index is 12.4. The number of Topliss-reactive ketones (excluding diaryl/α,β-unsaturated/α-hetero) is 1. The maximum Gasteiger partial charge on any atom is 0.454 e. The summed E-state index contributed by atoms with van der Waals surface area (Å²) in [5.74, 6) is -2.34. The van der Waals surface area contributed by atoms with Gasteiger partial charge in [0.05, 0.1) is 12.7 Å². The number of halogens is 3. The summed E-state index contributed by atoms with van der Waals surface area (Å²) in [5.41, 5.74) is 3.60. The average molecular weight is 317 g/mol. The van der Waals surface area contributed by atoms with Gasteiger partial charge >= 0.3 is 6.18 Å². The van der Waals surface area contributed by atoms with Gasteiger partial charge < -0.3 is 5.73 Å². The first-order chi connectivity index (χ1) is 10.1. The first-order valence-corrected chi connectivity index (χ1v) is 6.16. The highest BCUT2D eigenvalue weighted by Gasteiger charge is 2.40. The number of rotatable bonds is 4. The molecule has 0 aliphatic carbocycles. The van der Waals surface area contributed by atoms with Crippen LogP contribution >= 0.6 is 0 Å². The van der Waals surface area contributed by atoms with Gasteiger partial charge in [-0.1, -0.05) is 0 Å². The number of nitrogens with zero attached hydrogens (tertiary/aromatic N) is 1. The molecule has 120 valence electrons. The van der Waals surface area contributed by atoms with E-state index in [1.54, 1.807) is 0 Å². The zero-order valence-corrected chi connectivity index (χ0v) is 12.3. The molecule has 0 unspecified atom stereocenters. The SMILES string of the molecule is CON(C)C(=O)c1ccc(C([NH3+])=C(C)C(=O)C(F)(F)F)cc1. The molecule has 0 aliphatic heterocycles. The van der Waals surface area contributed by atoms with Gasteiger partial charge in [-0.05, 0) is 31.2 Å². The van der Waals surface area contributed by atoms with E-state index in [1.165, 1.54) is 38.4 Å². The summed E-state index contributed by atoms with van der Waals surface area (Å²) in [6.07, 6.45) is -4.94. The van der Waals surface area contributed by atoms with Gasteiger partial charge in [0.15, 0.2) is 0 Å². The van der Waals surface area contributed by atoms with Gasteiger partial charge in [0.25, 0.3) is 11.7 Å². The van der Waals surface area contributed by atoms with Crippen LogP contribution in [0.1, 0.15) is 22.8 Å². The number of carbonyl (C=O) groups is 2.